The van der Waals surface area contributed by atoms with Crippen LogP contribution in [0, 0.1) is 40.4 Å². The molecular weight excluding hydrogens is 360 g/mol. The van der Waals surface area contributed by atoms with Crippen LogP contribution >= 0.6 is 0 Å². The molecule has 4 saturated carbocycles. The van der Waals surface area contributed by atoms with Gasteiger partial charge in [0.05, 0.1) is 12.1 Å². The van der Waals surface area contributed by atoms with E-state index in [0.29, 0.717) is 29.6 Å². The molecule has 0 unspecified atom stereocenters. The SMILES string of the molecule is C[C@@]1(O)CC[C@@]2(C)[C@@H](CC[C@@H]3[C@@H]2CC[C@]2(C)[C@@H](C(=O)Cn4cccn4)CC[C@@H]32)C1. The Labute approximate surface area is 175 Å². The van der Waals surface area contributed by atoms with Gasteiger partial charge in [-0.05, 0) is 105 Å². The van der Waals surface area contributed by atoms with Gasteiger partial charge in [-0.1, -0.05) is 13.8 Å². The van der Waals surface area contributed by atoms with Gasteiger partial charge in [-0.3, -0.25) is 9.48 Å². The first kappa shape index (κ1) is 19.8. The largest absolute Gasteiger partial charge is 0.390 e. The molecule has 4 aliphatic rings. The predicted molar refractivity (Wildman–Crippen MR) is 113 cm³/mol. The van der Waals surface area contributed by atoms with Crippen molar-refractivity contribution < 1.29 is 9.90 Å². The van der Waals surface area contributed by atoms with E-state index >= 15 is 0 Å². The van der Waals surface area contributed by atoms with Gasteiger partial charge in [0.1, 0.15) is 0 Å². The summed E-state index contributed by atoms with van der Waals surface area (Å²) in [6.07, 6.45) is 14.1. The summed E-state index contributed by atoms with van der Waals surface area (Å²) in [7, 11) is 0. The standard InChI is InChI=1S/C25H38N2O2/c1-23(29)11-12-24(2)17(15-23)5-6-18-19-7-8-21(25(19,3)10-9-20(18)24)22(28)16-27-14-4-13-26-27/h4,13-14,17-21,29H,5-12,15-16H2,1-3H3/t17-,18-,19-,20-,21+,23+,24-,25-/m0/s1. The lowest BCUT2D eigenvalue weighted by Crippen LogP contribution is -2.55. The van der Waals surface area contributed by atoms with E-state index in [1.165, 1.54) is 38.5 Å². The molecule has 29 heavy (non-hydrogen) atoms. The Hall–Kier alpha value is -1.16. The van der Waals surface area contributed by atoms with Gasteiger partial charge in [0.15, 0.2) is 5.78 Å². The fraction of sp³-hybridized carbons (Fsp3) is 0.840. The monoisotopic (exact) mass is 398 g/mol. The average molecular weight is 399 g/mol. The molecule has 4 aliphatic carbocycles. The molecular formula is C25H38N2O2. The minimum absolute atomic E-state index is 0.175. The number of ketones is 1. The topological polar surface area (TPSA) is 55.1 Å². The van der Waals surface area contributed by atoms with E-state index in [9.17, 15) is 9.90 Å². The van der Waals surface area contributed by atoms with Crippen LogP contribution in [-0.2, 0) is 11.3 Å². The Morgan fingerprint density at radius 1 is 1.03 bits per heavy atom. The van der Waals surface area contributed by atoms with E-state index in [1.807, 2.05) is 19.2 Å². The molecule has 0 aromatic carbocycles. The smallest absolute Gasteiger partial charge is 0.157 e. The summed E-state index contributed by atoms with van der Waals surface area (Å²) in [4.78, 5) is 13.2. The number of aromatic nitrogens is 2. The quantitative estimate of drug-likeness (QED) is 0.791. The van der Waals surface area contributed by atoms with Crippen molar-refractivity contribution in [1.29, 1.82) is 0 Å². The zero-order valence-corrected chi connectivity index (χ0v) is 18.4. The molecule has 160 valence electrons. The molecule has 8 atom stereocenters. The molecule has 0 radical (unpaired) electrons. The Kier molecular flexibility index (Phi) is 4.55. The highest BCUT2D eigenvalue weighted by atomic mass is 16.3. The van der Waals surface area contributed by atoms with Crippen molar-refractivity contribution in [1.82, 2.24) is 9.78 Å². The number of aliphatic hydroxyl groups is 1. The molecule has 4 heteroatoms. The van der Waals surface area contributed by atoms with Crippen molar-refractivity contribution in [3.63, 3.8) is 0 Å². The second-order valence-corrected chi connectivity index (χ2v) is 11.7. The van der Waals surface area contributed by atoms with Crippen LogP contribution in [0.3, 0.4) is 0 Å². The highest BCUT2D eigenvalue weighted by Gasteiger charge is 2.61. The maximum atomic E-state index is 13.2. The van der Waals surface area contributed by atoms with E-state index in [1.54, 1.807) is 10.9 Å². The van der Waals surface area contributed by atoms with Crippen molar-refractivity contribution in [2.45, 2.75) is 90.7 Å². The lowest BCUT2D eigenvalue weighted by Gasteiger charge is -2.61. The van der Waals surface area contributed by atoms with Gasteiger partial charge in [-0.15, -0.1) is 0 Å². The molecule has 4 fully saturated rings. The lowest BCUT2D eigenvalue weighted by molar-refractivity contribution is -0.151. The molecule has 0 amide bonds. The van der Waals surface area contributed by atoms with Crippen molar-refractivity contribution in [2.24, 2.45) is 40.4 Å². The molecule has 1 heterocycles. The molecule has 1 aromatic rings. The second-order valence-electron chi connectivity index (χ2n) is 11.7. The number of hydrogen-bond acceptors (Lipinski definition) is 3. The minimum atomic E-state index is -0.461. The third-order valence-electron chi connectivity index (χ3n) is 10.2. The van der Waals surface area contributed by atoms with Gasteiger partial charge in [-0.2, -0.15) is 5.10 Å². The summed E-state index contributed by atoms with van der Waals surface area (Å²) in [5.41, 5.74) is 0.107. The van der Waals surface area contributed by atoms with Crippen molar-refractivity contribution >= 4 is 5.78 Å². The summed E-state index contributed by atoms with van der Waals surface area (Å²) < 4.78 is 1.80. The molecule has 1 aromatic heterocycles. The van der Waals surface area contributed by atoms with Crippen molar-refractivity contribution in [2.75, 3.05) is 0 Å². The Morgan fingerprint density at radius 3 is 2.59 bits per heavy atom. The molecule has 0 bridgehead atoms. The third kappa shape index (κ3) is 3.04. The predicted octanol–water partition coefficient (Wildman–Crippen LogP) is 4.86. The first-order valence-corrected chi connectivity index (χ1v) is 12.0. The van der Waals surface area contributed by atoms with Crippen molar-refractivity contribution in [3.8, 4) is 0 Å². The number of nitrogens with zero attached hydrogens (tertiary/aromatic N) is 2. The van der Waals surface area contributed by atoms with Crippen LogP contribution in [0.15, 0.2) is 18.5 Å². The van der Waals surface area contributed by atoms with E-state index < -0.39 is 5.60 Å². The maximum absolute atomic E-state index is 13.2. The summed E-state index contributed by atoms with van der Waals surface area (Å²) in [6.45, 7) is 7.46. The fourth-order valence-corrected chi connectivity index (χ4v) is 8.62. The number of carbonyl (C=O) groups is 1. The maximum Gasteiger partial charge on any atom is 0.157 e. The molecule has 0 saturated heterocycles. The average Bonchev–Trinajstić information content (AvgIpc) is 3.29. The van der Waals surface area contributed by atoms with Gasteiger partial charge < -0.3 is 5.11 Å². The lowest BCUT2D eigenvalue weighted by atomic mass is 9.44. The van der Waals surface area contributed by atoms with E-state index in [2.05, 4.69) is 18.9 Å². The molecule has 4 nitrogen and oxygen atoms in total. The Morgan fingerprint density at radius 2 is 1.83 bits per heavy atom. The summed E-state index contributed by atoms with van der Waals surface area (Å²) in [6, 6.07) is 1.90. The Bertz CT molecular complexity index is 772. The van der Waals surface area contributed by atoms with E-state index in [4.69, 9.17) is 0 Å². The van der Waals surface area contributed by atoms with Gasteiger partial charge in [0.2, 0.25) is 0 Å². The van der Waals surface area contributed by atoms with Crippen LogP contribution in [0.1, 0.15) is 78.6 Å². The summed E-state index contributed by atoms with van der Waals surface area (Å²) in [5.74, 6) is 3.54. The number of Topliss-reactive ketones (excluding diaryl/α,β-unsaturated/α-hetero) is 1. The van der Waals surface area contributed by atoms with Crippen LogP contribution < -0.4 is 0 Å². The Balaban J connectivity index is 1.36. The van der Waals surface area contributed by atoms with Crippen LogP contribution in [0.25, 0.3) is 0 Å². The number of carbonyl (C=O) groups excluding carboxylic acids is 1. The number of fused-ring (bicyclic) bond motifs is 5. The number of hydrogen-bond donors (Lipinski definition) is 1. The van der Waals surface area contributed by atoms with Crippen LogP contribution in [0.5, 0.6) is 0 Å². The van der Waals surface area contributed by atoms with E-state index in [0.717, 1.165) is 31.1 Å². The fourth-order valence-electron chi connectivity index (χ4n) is 8.62. The second kappa shape index (κ2) is 6.67. The highest BCUT2D eigenvalue weighted by Crippen LogP contribution is 2.68. The molecule has 0 spiro atoms. The first-order valence-electron chi connectivity index (χ1n) is 12.0. The summed E-state index contributed by atoms with van der Waals surface area (Å²) >= 11 is 0. The first-order chi connectivity index (χ1) is 13.7. The zero-order valence-electron chi connectivity index (χ0n) is 18.4. The van der Waals surface area contributed by atoms with Gasteiger partial charge in [-0.25, -0.2) is 0 Å². The van der Waals surface area contributed by atoms with Gasteiger partial charge in [0.25, 0.3) is 0 Å². The molecule has 0 aliphatic heterocycles. The summed E-state index contributed by atoms with van der Waals surface area (Å²) in [5, 5.41) is 14.9. The van der Waals surface area contributed by atoms with Gasteiger partial charge >= 0.3 is 0 Å². The van der Waals surface area contributed by atoms with Crippen LogP contribution in [0.4, 0.5) is 0 Å². The van der Waals surface area contributed by atoms with Crippen LogP contribution in [0.2, 0.25) is 0 Å². The highest BCUT2D eigenvalue weighted by molar-refractivity contribution is 5.82. The normalized spacial score (nSPS) is 49.2. The molecule has 1 N–H and O–H groups in total. The third-order valence-corrected chi connectivity index (χ3v) is 10.2. The number of rotatable bonds is 3. The van der Waals surface area contributed by atoms with Gasteiger partial charge in [0, 0.05) is 18.3 Å². The zero-order chi connectivity index (χ0) is 20.4. The molecule has 5 rings (SSSR count). The minimum Gasteiger partial charge on any atom is -0.390 e. The van der Waals surface area contributed by atoms with E-state index in [-0.39, 0.29) is 11.3 Å². The van der Waals surface area contributed by atoms with Crippen LogP contribution in [-0.4, -0.2) is 26.3 Å². The van der Waals surface area contributed by atoms with Crippen molar-refractivity contribution in [3.05, 3.63) is 18.5 Å².